The lowest BCUT2D eigenvalue weighted by atomic mass is 10.0. The van der Waals surface area contributed by atoms with E-state index in [1.165, 1.54) is 12.5 Å². The predicted molar refractivity (Wildman–Crippen MR) is 83.1 cm³/mol. The third-order valence-electron chi connectivity index (χ3n) is 5.47. The largest absolute Gasteiger partial charge is 0.351 e. The molecule has 0 aliphatic carbocycles. The molecule has 1 aromatic heterocycles. The van der Waals surface area contributed by atoms with Gasteiger partial charge in [0.2, 0.25) is 5.91 Å². The van der Waals surface area contributed by atoms with Crippen LogP contribution < -0.4 is 5.56 Å². The number of aromatic nitrogens is 2. The summed E-state index contributed by atoms with van der Waals surface area (Å²) in [5.74, 6) is -0.0794. The number of H-pyrrole nitrogens is 1. The Morgan fingerprint density at radius 2 is 2.25 bits per heavy atom. The molecule has 24 heavy (non-hydrogen) atoms. The van der Waals surface area contributed by atoms with Crippen molar-refractivity contribution < 1.29 is 14.3 Å². The molecule has 0 aromatic carbocycles. The van der Waals surface area contributed by atoms with Gasteiger partial charge in [-0.1, -0.05) is 13.8 Å². The standard InChI is InChI=1S/C16H20N4O4/c1-9(2)11-7-24-16-3-4-19(12(16)5-13(21)20(11)16)15(23)10-6-17-8-18-14(10)22/h6,8-9,11-12H,3-5,7H2,1-2H3,(H,17,18,22)/t11-,12+,16-/m0/s1. The van der Waals surface area contributed by atoms with Crippen molar-refractivity contribution in [2.24, 2.45) is 5.92 Å². The van der Waals surface area contributed by atoms with E-state index in [9.17, 15) is 14.4 Å². The second kappa shape index (κ2) is 5.14. The molecule has 3 fully saturated rings. The highest BCUT2D eigenvalue weighted by molar-refractivity contribution is 5.95. The lowest BCUT2D eigenvalue weighted by Crippen LogP contribution is -2.51. The van der Waals surface area contributed by atoms with E-state index in [1.807, 2.05) is 4.90 Å². The molecule has 1 spiro atoms. The molecule has 0 unspecified atom stereocenters. The molecule has 3 aliphatic heterocycles. The molecule has 1 N–H and O–H groups in total. The lowest BCUT2D eigenvalue weighted by molar-refractivity contribution is -0.139. The molecular formula is C16H20N4O4. The van der Waals surface area contributed by atoms with Crippen molar-refractivity contribution in [3.05, 3.63) is 28.4 Å². The van der Waals surface area contributed by atoms with Crippen LogP contribution >= 0.6 is 0 Å². The van der Waals surface area contributed by atoms with Crippen molar-refractivity contribution in [2.75, 3.05) is 13.2 Å². The average molecular weight is 332 g/mol. The molecule has 4 rings (SSSR count). The van der Waals surface area contributed by atoms with E-state index in [0.717, 1.165) is 0 Å². The van der Waals surface area contributed by atoms with Crippen LogP contribution in [0.25, 0.3) is 0 Å². The zero-order valence-electron chi connectivity index (χ0n) is 13.7. The second-order valence-electron chi connectivity index (χ2n) is 6.99. The molecule has 3 atom stereocenters. The van der Waals surface area contributed by atoms with Crippen molar-refractivity contribution in [2.45, 2.75) is 44.5 Å². The quantitative estimate of drug-likeness (QED) is 0.820. The van der Waals surface area contributed by atoms with E-state index in [1.54, 1.807) is 4.90 Å². The third kappa shape index (κ3) is 1.89. The number of carbonyl (C=O) groups excluding carboxylic acids is 2. The number of nitrogens with one attached hydrogen (secondary N) is 1. The Morgan fingerprint density at radius 1 is 1.46 bits per heavy atom. The van der Waals surface area contributed by atoms with Gasteiger partial charge in [-0.25, -0.2) is 4.98 Å². The molecule has 2 amide bonds. The number of carbonyl (C=O) groups is 2. The van der Waals surface area contributed by atoms with Gasteiger partial charge in [0.25, 0.3) is 11.5 Å². The van der Waals surface area contributed by atoms with Crippen molar-refractivity contribution >= 4 is 11.8 Å². The Kier molecular flexibility index (Phi) is 3.28. The zero-order valence-corrected chi connectivity index (χ0v) is 13.7. The van der Waals surface area contributed by atoms with Gasteiger partial charge in [-0.15, -0.1) is 0 Å². The minimum absolute atomic E-state index is 0.00106. The van der Waals surface area contributed by atoms with Gasteiger partial charge in [-0.2, -0.15) is 0 Å². The maximum Gasteiger partial charge on any atom is 0.263 e. The summed E-state index contributed by atoms with van der Waals surface area (Å²) < 4.78 is 6.09. The number of hydrogen-bond acceptors (Lipinski definition) is 5. The lowest BCUT2D eigenvalue weighted by Gasteiger charge is -2.34. The van der Waals surface area contributed by atoms with E-state index >= 15 is 0 Å². The first-order chi connectivity index (χ1) is 11.5. The Bertz CT molecular complexity index is 760. The van der Waals surface area contributed by atoms with Gasteiger partial charge in [0.05, 0.1) is 31.4 Å². The number of amides is 2. The van der Waals surface area contributed by atoms with Gasteiger partial charge in [0, 0.05) is 19.2 Å². The molecule has 3 aliphatic rings. The van der Waals surface area contributed by atoms with Gasteiger partial charge in [-0.3, -0.25) is 14.4 Å². The molecule has 8 heteroatoms. The van der Waals surface area contributed by atoms with Crippen LogP contribution in [0.15, 0.2) is 17.3 Å². The fourth-order valence-corrected chi connectivity index (χ4v) is 4.26. The first kappa shape index (κ1) is 15.3. The molecule has 0 saturated carbocycles. The molecule has 0 radical (unpaired) electrons. The van der Waals surface area contributed by atoms with Crippen molar-refractivity contribution in [3.8, 4) is 0 Å². The molecule has 8 nitrogen and oxygen atoms in total. The van der Waals surface area contributed by atoms with Crippen molar-refractivity contribution in [1.29, 1.82) is 0 Å². The summed E-state index contributed by atoms with van der Waals surface area (Å²) in [6, 6.07) is -0.305. The van der Waals surface area contributed by atoms with E-state index in [0.29, 0.717) is 19.6 Å². The number of hydrogen-bond donors (Lipinski definition) is 1. The monoisotopic (exact) mass is 332 g/mol. The third-order valence-corrected chi connectivity index (χ3v) is 5.47. The Balaban J connectivity index is 1.67. The average Bonchev–Trinajstić information content (AvgIpc) is 3.16. The second-order valence-corrected chi connectivity index (χ2v) is 6.99. The summed E-state index contributed by atoms with van der Waals surface area (Å²) in [6.45, 7) is 5.10. The van der Waals surface area contributed by atoms with Gasteiger partial charge < -0.3 is 19.5 Å². The SMILES string of the molecule is CC(C)[C@@H]1CO[C@@]23CCN(C(=O)c4cnc[nH]c4=O)[C@@H]2CC(=O)N13. The summed E-state index contributed by atoms with van der Waals surface area (Å²) in [5.41, 5.74) is -1.19. The minimum Gasteiger partial charge on any atom is -0.351 e. The molecule has 4 heterocycles. The van der Waals surface area contributed by atoms with Gasteiger partial charge in [0.1, 0.15) is 5.56 Å². The summed E-state index contributed by atoms with van der Waals surface area (Å²) in [6.07, 6.45) is 3.34. The van der Waals surface area contributed by atoms with Crippen LogP contribution in [-0.4, -0.2) is 62.5 Å². The van der Waals surface area contributed by atoms with Crippen LogP contribution in [0.4, 0.5) is 0 Å². The normalized spacial score (nSPS) is 31.7. The predicted octanol–water partition coefficient (Wildman–Crippen LogP) is -0.0322. The zero-order chi connectivity index (χ0) is 17.1. The highest BCUT2D eigenvalue weighted by atomic mass is 16.5. The molecule has 128 valence electrons. The molecule has 0 bridgehead atoms. The summed E-state index contributed by atoms with van der Waals surface area (Å²) in [5, 5.41) is 0. The van der Waals surface area contributed by atoms with Crippen LogP contribution in [0.3, 0.4) is 0 Å². The van der Waals surface area contributed by atoms with E-state index in [-0.39, 0.29) is 35.9 Å². The highest BCUT2D eigenvalue weighted by Crippen LogP contribution is 2.49. The number of likely N-dealkylation sites (tertiary alicyclic amines) is 1. The van der Waals surface area contributed by atoms with Crippen LogP contribution in [-0.2, 0) is 9.53 Å². The van der Waals surface area contributed by atoms with Gasteiger partial charge in [0.15, 0.2) is 5.72 Å². The van der Waals surface area contributed by atoms with Crippen molar-refractivity contribution in [3.63, 3.8) is 0 Å². The van der Waals surface area contributed by atoms with Crippen LogP contribution in [0, 0.1) is 5.92 Å². The maximum atomic E-state index is 12.8. The highest BCUT2D eigenvalue weighted by Gasteiger charge is 2.65. The van der Waals surface area contributed by atoms with Crippen LogP contribution in [0.5, 0.6) is 0 Å². The van der Waals surface area contributed by atoms with Gasteiger partial charge >= 0.3 is 0 Å². The first-order valence-corrected chi connectivity index (χ1v) is 8.25. The topological polar surface area (TPSA) is 95.6 Å². The van der Waals surface area contributed by atoms with Crippen LogP contribution in [0.2, 0.25) is 0 Å². The smallest absolute Gasteiger partial charge is 0.263 e. The van der Waals surface area contributed by atoms with Crippen LogP contribution in [0.1, 0.15) is 37.0 Å². The fraction of sp³-hybridized carbons (Fsp3) is 0.625. The van der Waals surface area contributed by atoms with E-state index < -0.39 is 17.2 Å². The number of nitrogens with zero attached hydrogens (tertiary/aromatic N) is 3. The summed E-state index contributed by atoms with van der Waals surface area (Å²) >= 11 is 0. The maximum absolute atomic E-state index is 12.8. The Morgan fingerprint density at radius 3 is 2.96 bits per heavy atom. The number of ether oxygens (including phenoxy) is 1. The number of aromatic amines is 1. The Hall–Kier alpha value is -2.22. The summed E-state index contributed by atoms with van der Waals surface area (Å²) in [7, 11) is 0. The molecular weight excluding hydrogens is 312 g/mol. The van der Waals surface area contributed by atoms with E-state index in [2.05, 4.69) is 23.8 Å². The first-order valence-electron chi connectivity index (χ1n) is 8.25. The number of rotatable bonds is 2. The van der Waals surface area contributed by atoms with Gasteiger partial charge in [-0.05, 0) is 5.92 Å². The Labute approximate surface area is 138 Å². The van der Waals surface area contributed by atoms with Crippen molar-refractivity contribution in [1.82, 2.24) is 19.8 Å². The fourth-order valence-electron chi connectivity index (χ4n) is 4.26. The summed E-state index contributed by atoms with van der Waals surface area (Å²) in [4.78, 5) is 47.0. The van der Waals surface area contributed by atoms with E-state index in [4.69, 9.17) is 4.74 Å². The minimum atomic E-state index is -0.726. The molecule has 3 saturated heterocycles. The molecule has 1 aromatic rings.